The standard InChI is InChI=1S/C23H32N4O3/c1-14-12-16(14)23(30)27-10-5-4-8-19(27)20-24-18-9-11-26(13-17(18)21(28)25-20)22(29)15-6-2-3-7-15/h14-16,19H,2-13H2,1H3,(H,24,25,28)/t14-,16-,19-/m1/s1. The molecule has 4 aliphatic rings. The highest BCUT2D eigenvalue weighted by Crippen LogP contribution is 2.42. The van der Waals surface area contributed by atoms with Crippen LogP contribution in [0, 0.1) is 17.8 Å². The summed E-state index contributed by atoms with van der Waals surface area (Å²) in [5, 5.41) is 0. The molecule has 7 heteroatoms. The number of rotatable bonds is 3. The van der Waals surface area contributed by atoms with Crippen LogP contribution in [0.5, 0.6) is 0 Å². The number of amides is 2. The van der Waals surface area contributed by atoms with E-state index in [1.54, 1.807) is 0 Å². The van der Waals surface area contributed by atoms with Gasteiger partial charge in [-0.15, -0.1) is 0 Å². The van der Waals surface area contributed by atoms with Gasteiger partial charge in [-0.1, -0.05) is 19.8 Å². The van der Waals surface area contributed by atoms with Gasteiger partial charge in [0.15, 0.2) is 0 Å². The highest BCUT2D eigenvalue weighted by molar-refractivity contribution is 5.82. The fourth-order valence-corrected chi connectivity index (χ4v) is 5.58. The number of nitrogens with zero attached hydrogens (tertiary/aromatic N) is 3. The van der Waals surface area contributed by atoms with Crippen LogP contribution in [0.2, 0.25) is 0 Å². The van der Waals surface area contributed by atoms with E-state index in [-0.39, 0.29) is 35.3 Å². The molecule has 2 saturated carbocycles. The molecule has 0 spiro atoms. The van der Waals surface area contributed by atoms with Gasteiger partial charge in [-0.3, -0.25) is 14.4 Å². The first-order valence-electron chi connectivity index (χ1n) is 11.7. The van der Waals surface area contributed by atoms with Gasteiger partial charge in [-0.25, -0.2) is 4.98 Å². The minimum absolute atomic E-state index is 0.129. The van der Waals surface area contributed by atoms with Crippen LogP contribution in [0.4, 0.5) is 0 Å². The number of aromatic amines is 1. The number of fused-ring (bicyclic) bond motifs is 1. The average Bonchev–Trinajstić information content (AvgIpc) is 3.25. The summed E-state index contributed by atoms with van der Waals surface area (Å²) in [6, 6.07) is -0.129. The van der Waals surface area contributed by atoms with Gasteiger partial charge in [-0.05, 0) is 44.4 Å². The molecular formula is C23H32N4O3. The molecule has 162 valence electrons. The highest BCUT2D eigenvalue weighted by atomic mass is 16.2. The molecule has 1 aromatic rings. The van der Waals surface area contributed by atoms with Crippen molar-refractivity contribution in [2.24, 2.45) is 17.8 Å². The van der Waals surface area contributed by atoms with E-state index < -0.39 is 0 Å². The van der Waals surface area contributed by atoms with Gasteiger partial charge in [0.1, 0.15) is 5.82 Å². The summed E-state index contributed by atoms with van der Waals surface area (Å²) < 4.78 is 0. The second kappa shape index (κ2) is 7.82. The van der Waals surface area contributed by atoms with E-state index in [0.29, 0.717) is 36.8 Å². The van der Waals surface area contributed by atoms with Crippen LogP contribution >= 0.6 is 0 Å². The fourth-order valence-electron chi connectivity index (χ4n) is 5.58. The number of aromatic nitrogens is 2. The normalized spacial score (nSPS) is 29.0. The van der Waals surface area contributed by atoms with Crippen LogP contribution in [0.1, 0.15) is 81.4 Å². The maximum atomic E-state index is 13.0. The lowest BCUT2D eigenvalue weighted by Gasteiger charge is -2.36. The molecule has 3 atom stereocenters. The maximum absolute atomic E-state index is 13.0. The van der Waals surface area contributed by atoms with Crippen LogP contribution < -0.4 is 5.56 Å². The van der Waals surface area contributed by atoms with Crippen molar-refractivity contribution in [2.45, 2.75) is 77.3 Å². The zero-order valence-electron chi connectivity index (χ0n) is 17.9. The Morgan fingerprint density at radius 3 is 2.50 bits per heavy atom. The summed E-state index contributed by atoms with van der Waals surface area (Å²) >= 11 is 0. The van der Waals surface area contributed by atoms with E-state index in [1.807, 2.05) is 9.80 Å². The first-order chi connectivity index (χ1) is 14.5. The Kier molecular flexibility index (Phi) is 5.15. The second-order valence-corrected chi connectivity index (χ2v) is 9.73. The number of nitrogens with one attached hydrogen (secondary N) is 1. The molecule has 3 heterocycles. The third-order valence-corrected chi connectivity index (χ3v) is 7.63. The Bertz CT molecular complexity index is 904. The summed E-state index contributed by atoms with van der Waals surface area (Å²) in [7, 11) is 0. The lowest BCUT2D eigenvalue weighted by Crippen LogP contribution is -2.44. The number of hydrogen-bond donors (Lipinski definition) is 1. The third kappa shape index (κ3) is 3.56. The Morgan fingerprint density at radius 2 is 1.77 bits per heavy atom. The van der Waals surface area contributed by atoms with Crippen molar-refractivity contribution in [3.63, 3.8) is 0 Å². The van der Waals surface area contributed by atoms with E-state index in [1.165, 1.54) is 0 Å². The third-order valence-electron chi connectivity index (χ3n) is 7.63. The van der Waals surface area contributed by atoms with Gasteiger partial charge in [-0.2, -0.15) is 0 Å². The summed E-state index contributed by atoms with van der Waals surface area (Å²) in [5.74, 6) is 1.80. The van der Waals surface area contributed by atoms with Crippen molar-refractivity contribution in [2.75, 3.05) is 13.1 Å². The highest BCUT2D eigenvalue weighted by Gasteiger charge is 2.44. The van der Waals surface area contributed by atoms with Crippen LogP contribution in [-0.4, -0.2) is 44.7 Å². The summed E-state index contributed by atoms with van der Waals surface area (Å²) in [6.45, 7) is 3.86. The molecule has 7 nitrogen and oxygen atoms in total. The first kappa shape index (κ1) is 19.8. The van der Waals surface area contributed by atoms with E-state index in [9.17, 15) is 14.4 Å². The number of carbonyl (C=O) groups excluding carboxylic acids is 2. The van der Waals surface area contributed by atoms with Crippen molar-refractivity contribution in [3.8, 4) is 0 Å². The van der Waals surface area contributed by atoms with Crippen molar-refractivity contribution in [1.82, 2.24) is 19.8 Å². The molecule has 30 heavy (non-hydrogen) atoms. The predicted molar refractivity (Wildman–Crippen MR) is 112 cm³/mol. The molecule has 2 amide bonds. The number of carbonyl (C=O) groups is 2. The predicted octanol–water partition coefficient (Wildman–Crippen LogP) is 2.55. The Morgan fingerprint density at radius 1 is 1.03 bits per heavy atom. The summed E-state index contributed by atoms with van der Waals surface area (Å²) in [4.78, 5) is 50.3. The molecule has 2 aliphatic carbocycles. The van der Waals surface area contributed by atoms with E-state index in [2.05, 4.69) is 11.9 Å². The molecular weight excluding hydrogens is 380 g/mol. The minimum Gasteiger partial charge on any atom is -0.337 e. The lowest BCUT2D eigenvalue weighted by atomic mass is 9.99. The van der Waals surface area contributed by atoms with Crippen LogP contribution in [0.25, 0.3) is 0 Å². The molecule has 0 unspecified atom stereocenters. The van der Waals surface area contributed by atoms with E-state index >= 15 is 0 Å². The van der Waals surface area contributed by atoms with Crippen molar-refractivity contribution >= 4 is 11.8 Å². The zero-order valence-corrected chi connectivity index (χ0v) is 17.9. The van der Waals surface area contributed by atoms with Gasteiger partial charge in [0, 0.05) is 31.3 Å². The van der Waals surface area contributed by atoms with E-state index in [0.717, 1.165) is 63.6 Å². The van der Waals surface area contributed by atoms with Crippen LogP contribution in [-0.2, 0) is 22.6 Å². The monoisotopic (exact) mass is 412 g/mol. The van der Waals surface area contributed by atoms with Gasteiger partial charge in [0.2, 0.25) is 11.8 Å². The first-order valence-corrected chi connectivity index (χ1v) is 11.7. The minimum atomic E-state index is -0.142. The summed E-state index contributed by atoms with van der Waals surface area (Å²) in [6.07, 6.45) is 8.69. The van der Waals surface area contributed by atoms with Crippen molar-refractivity contribution in [1.29, 1.82) is 0 Å². The smallest absolute Gasteiger partial charge is 0.256 e. The largest absolute Gasteiger partial charge is 0.337 e. The Balaban J connectivity index is 1.37. The Labute approximate surface area is 177 Å². The topological polar surface area (TPSA) is 86.4 Å². The number of hydrogen-bond acceptors (Lipinski definition) is 4. The zero-order chi connectivity index (χ0) is 20.8. The van der Waals surface area contributed by atoms with E-state index in [4.69, 9.17) is 4.98 Å². The molecule has 1 saturated heterocycles. The molecule has 0 bridgehead atoms. The molecule has 2 aliphatic heterocycles. The van der Waals surface area contributed by atoms with Crippen LogP contribution in [0.3, 0.4) is 0 Å². The molecule has 1 N–H and O–H groups in total. The average molecular weight is 413 g/mol. The second-order valence-electron chi connectivity index (χ2n) is 9.73. The number of piperidine rings is 1. The van der Waals surface area contributed by atoms with Gasteiger partial charge in [0.05, 0.1) is 23.8 Å². The van der Waals surface area contributed by atoms with Crippen molar-refractivity contribution < 1.29 is 9.59 Å². The number of likely N-dealkylation sites (tertiary alicyclic amines) is 1. The fraction of sp³-hybridized carbons (Fsp3) is 0.739. The molecule has 0 aromatic carbocycles. The summed E-state index contributed by atoms with van der Waals surface area (Å²) in [5.41, 5.74) is 1.29. The van der Waals surface area contributed by atoms with Crippen molar-refractivity contribution in [3.05, 3.63) is 27.4 Å². The van der Waals surface area contributed by atoms with Gasteiger partial charge < -0.3 is 14.8 Å². The molecule has 1 aromatic heterocycles. The molecule has 5 rings (SSSR count). The number of H-pyrrole nitrogens is 1. The quantitative estimate of drug-likeness (QED) is 0.827. The lowest BCUT2D eigenvalue weighted by molar-refractivity contribution is -0.137. The Hall–Kier alpha value is -2.18. The molecule has 3 fully saturated rings. The van der Waals surface area contributed by atoms with Gasteiger partial charge in [0.25, 0.3) is 5.56 Å². The van der Waals surface area contributed by atoms with Gasteiger partial charge >= 0.3 is 0 Å². The maximum Gasteiger partial charge on any atom is 0.256 e. The molecule has 0 radical (unpaired) electrons. The van der Waals surface area contributed by atoms with Crippen LogP contribution in [0.15, 0.2) is 4.79 Å². The SMILES string of the molecule is C[C@@H]1C[C@H]1C(=O)N1CCCC[C@@H]1c1nc2c(c(=O)[nH]1)CN(C(=O)C1CCCC1)CC2.